The van der Waals surface area contributed by atoms with Crippen molar-refractivity contribution < 1.29 is 19.1 Å². The molecule has 4 aromatic rings. The molecule has 0 aliphatic rings. The van der Waals surface area contributed by atoms with Crippen molar-refractivity contribution in [3.63, 3.8) is 0 Å². The number of aromatic nitrogens is 1. The maximum absolute atomic E-state index is 13.1. The van der Waals surface area contributed by atoms with E-state index in [1.165, 1.54) is 25.4 Å². The van der Waals surface area contributed by atoms with Crippen LogP contribution in [-0.4, -0.2) is 23.8 Å². The fourth-order valence-electron chi connectivity index (χ4n) is 3.25. The van der Waals surface area contributed by atoms with Gasteiger partial charge in [0.05, 0.1) is 33.1 Å². The van der Waals surface area contributed by atoms with Gasteiger partial charge < -0.3 is 9.47 Å². The van der Waals surface area contributed by atoms with Crippen molar-refractivity contribution >= 4 is 45.6 Å². The number of methoxy groups -OCH3 is 1. The Morgan fingerprint density at radius 3 is 2.58 bits per heavy atom. The van der Waals surface area contributed by atoms with Crippen molar-refractivity contribution in [2.24, 2.45) is 0 Å². The number of para-hydroxylation sites is 1. The van der Waals surface area contributed by atoms with E-state index in [1.54, 1.807) is 30.3 Å². The summed E-state index contributed by atoms with van der Waals surface area (Å²) in [5.41, 5.74) is 2.89. The molecule has 5 nitrogen and oxygen atoms in total. The minimum Gasteiger partial charge on any atom is -0.496 e. The van der Waals surface area contributed by atoms with Crippen LogP contribution in [0.25, 0.3) is 21.5 Å². The Bertz CT molecular complexity index is 1300. The SMILES string of the molecule is COc1ccc(C(C)=O)cc1COC(=O)c1cc(-c2ccc(Cl)s2)nc2ccccc12. The van der Waals surface area contributed by atoms with Gasteiger partial charge in [-0.05, 0) is 49.4 Å². The Morgan fingerprint density at radius 1 is 1.06 bits per heavy atom. The number of thiophene rings is 1. The Kier molecular flexibility index (Phi) is 6.02. The summed E-state index contributed by atoms with van der Waals surface area (Å²) >= 11 is 7.47. The number of rotatable bonds is 6. The number of nitrogens with zero attached hydrogens (tertiary/aromatic N) is 1. The molecule has 0 bridgehead atoms. The lowest BCUT2D eigenvalue weighted by Gasteiger charge is -2.12. The third kappa shape index (κ3) is 4.45. The standard InChI is InChI=1S/C24H18ClNO4S/c1-14(27)15-7-8-21(29-2)16(11-15)13-30-24(28)18-12-20(22-9-10-23(25)31-22)26-19-6-4-3-5-17(18)19/h3-12H,13H2,1-2H3. The van der Waals surface area contributed by atoms with E-state index in [0.717, 1.165) is 4.88 Å². The van der Waals surface area contributed by atoms with Crippen LogP contribution < -0.4 is 4.74 Å². The van der Waals surface area contributed by atoms with E-state index in [0.29, 0.717) is 43.4 Å². The number of hydrogen-bond donors (Lipinski definition) is 0. The Labute approximate surface area is 188 Å². The lowest BCUT2D eigenvalue weighted by molar-refractivity contribution is 0.0472. The number of pyridine rings is 1. The molecule has 0 spiro atoms. The van der Waals surface area contributed by atoms with E-state index >= 15 is 0 Å². The highest BCUT2D eigenvalue weighted by Crippen LogP contribution is 2.32. The molecular weight excluding hydrogens is 434 g/mol. The van der Waals surface area contributed by atoms with Gasteiger partial charge in [0, 0.05) is 16.5 Å². The van der Waals surface area contributed by atoms with Gasteiger partial charge in [0.2, 0.25) is 0 Å². The average molecular weight is 452 g/mol. The lowest BCUT2D eigenvalue weighted by Crippen LogP contribution is -2.08. The highest BCUT2D eigenvalue weighted by molar-refractivity contribution is 7.19. The number of carbonyl (C=O) groups is 2. The number of esters is 1. The summed E-state index contributed by atoms with van der Waals surface area (Å²) in [5, 5.41) is 0.698. The molecule has 7 heteroatoms. The number of benzene rings is 2. The van der Waals surface area contributed by atoms with E-state index in [4.69, 9.17) is 21.1 Å². The minimum absolute atomic E-state index is 0.0278. The first-order valence-corrected chi connectivity index (χ1v) is 10.7. The average Bonchev–Trinajstić information content (AvgIpc) is 3.22. The minimum atomic E-state index is -0.488. The van der Waals surface area contributed by atoms with Gasteiger partial charge in [0.1, 0.15) is 12.4 Å². The number of hydrogen-bond acceptors (Lipinski definition) is 6. The molecule has 4 rings (SSSR count). The lowest BCUT2D eigenvalue weighted by atomic mass is 10.1. The maximum atomic E-state index is 13.1. The number of fused-ring (bicyclic) bond motifs is 1. The number of carbonyl (C=O) groups excluding carboxylic acids is 2. The summed E-state index contributed by atoms with van der Waals surface area (Å²) in [6, 6.07) is 17.8. The molecule has 0 aliphatic heterocycles. The van der Waals surface area contributed by atoms with Crippen molar-refractivity contribution in [3.8, 4) is 16.3 Å². The van der Waals surface area contributed by atoms with Gasteiger partial charge in [-0.2, -0.15) is 0 Å². The van der Waals surface area contributed by atoms with E-state index < -0.39 is 5.97 Å². The first-order valence-electron chi connectivity index (χ1n) is 9.46. The number of ether oxygens (including phenoxy) is 2. The van der Waals surface area contributed by atoms with Crippen LogP contribution in [0.15, 0.2) is 60.7 Å². The normalized spacial score (nSPS) is 10.8. The number of halogens is 1. The zero-order valence-corrected chi connectivity index (χ0v) is 18.4. The second-order valence-electron chi connectivity index (χ2n) is 6.83. The first-order chi connectivity index (χ1) is 15.0. The van der Waals surface area contributed by atoms with Crippen molar-refractivity contribution in [1.82, 2.24) is 4.98 Å². The van der Waals surface area contributed by atoms with Crippen LogP contribution in [0, 0.1) is 0 Å². The molecule has 2 aromatic heterocycles. The van der Waals surface area contributed by atoms with Crippen LogP contribution in [0.1, 0.15) is 33.2 Å². The van der Waals surface area contributed by atoms with Gasteiger partial charge in [-0.15, -0.1) is 11.3 Å². The van der Waals surface area contributed by atoms with Gasteiger partial charge in [-0.3, -0.25) is 4.79 Å². The van der Waals surface area contributed by atoms with Gasteiger partial charge in [0.15, 0.2) is 5.78 Å². The zero-order chi connectivity index (χ0) is 22.0. The predicted octanol–water partition coefficient (Wildman–Crippen LogP) is 6.18. The van der Waals surface area contributed by atoms with Gasteiger partial charge in [-0.1, -0.05) is 29.8 Å². The monoisotopic (exact) mass is 451 g/mol. The van der Waals surface area contributed by atoms with Crippen LogP contribution in [0.5, 0.6) is 5.75 Å². The molecular formula is C24H18ClNO4S. The molecule has 0 N–H and O–H groups in total. The summed E-state index contributed by atoms with van der Waals surface area (Å²) in [4.78, 5) is 30.3. The molecule has 2 aromatic carbocycles. The second kappa shape index (κ2) is 8.88. The Hall–Kier alpha value is -3.22. The summed E-state index contributed by atoms with van der Waals surface area (Å²) in [7, 11) is 1.53. The van der Waals surface area contributed by atoms with Gasteiger partial charge >= 0.3 is 5.97 Å². The Balaban J connectivity index is 1.68. The third-order valence-corrected chi connectivity index (χ3v) is 6.06. The quantitative estimate of drug-likeness (QED) is 0.258. The molecule has 0 aliphatic carbocycles. The molecule has 0 fully saturated rings. The summed E-state index contributed by atoms with van der Waals surface area (Å²) in [5.74, 6) is -0.0151. The van der Waals surface area contributed by atoms with Crippen LogP contribution >= 0.6 is 22.9 Å². The fourth-order valence-corrected chi connectivity index (χ4v) is 4.26. The molecule has 0 amide bonds. The predicted molar refractivity (Wildman–Crippen MR) is 122 cm³/mol. The van der Waals surface area contributed by atoms with Crippen molar-refractivity contribution in [2.45, 2.75) is 13.5 Å². The van der Waals surface area contributed by atoms with Crippen LogP contribution in [0.3, 0.4) is 0 Å². The largest absolute Gasteiger partial charge is 0.496 e. The molecule has 0 unspecified atom stereocenters. The highest BCUT2D eigenvalue weighted by Gasteiger charge is 2.17. The van der Waals surface area contributed by atoms with Crippen molar-refractivity contribution in [1.29, 1.82) is 0 Å². The van der Waals surface area contributed by atoms with E-state index in [2.05, 4.69) is 4.98 Å². The van der Waals surface area contributed by atoms with Gasteiger partial charge in [-0.25, -0.2) is 9.78 Å². The maximum Gasteiger partial charge on any atom is 0.339 e. The molecule has 0 saturated carbocycles. The van der Waals surface area contributed by atoms with Crippen LogP contribution in [0.4, 0.5) is 0 Å². The summed E-state index contributed by atoms with van der Waals surface area (Å²) in [6.07, 6.45) is 0. The molecule has 0 atom stereocenters. The molecule has 2 heterocycles. The number of ketones is 1. The summed E-state index contributed by atoms with van der Waals surface area (Å²) < 4.78 is 11.6. The van der Waals surface area contributed by atoms with Crippen LogP contribution in [0.2, 0.25) is 4.34 Å². The second-order valence-corrected chi connectivity index (χ2v) is 8.55. The summed E-state index contributed by atoms with van der Waals surface area (Å²) in [6.45, 7) is 1.46. The van der Waals surface area contributed by atoms with E-state index in [1.807, 2.05) is 30.3 Å². The third-order valence-electron chi connectivity index (χ3n) is 4.81. The Morgan fingerprint density at radius 2 is 1.87 bits per heavy atom. The fraction of sp³-hybridized carbons (Fsp3) is 0.125. The topological polar surface area (TPSA) is 65.5 Å². The smallest absolute Gasteiger partial charge is 0.339 e. The van der Waals surface area contributed by atoms with Gasteiger partial charge in [0.25, 0.3) is 0 Å². The molecule has 156 valence electrons. The first kappa shape index (κ1) is 21.0. The molecule has 31 heavy (non-hydrogen) atoms. The number of Topliss-reactive ketones (excluding diaryl/α,β-unsaturated/α-hetero) is 1. The van der Waals surface area contributed by atoms with Crippen molar-refractivity contribution in [3.05, 3.63) is 81.7 Å². The van der Waals surface area contributed by atoms with Crippen LogP contribution in [-0.2, 0) is 11.3 Å². The zero-order valence-electron chi connectivity index (χ0n) is 16.8. The molecule has 0 radical (unpaired) electrons. The highest BCUT2D eigenvalue weighted by atomic mass is 35.5. The molecule has 0 saturated heterocycles. The van der Waals surface area contributed by atoms with E-state index in [-0.39, 0.29) is 12.4 Å². The van der Waals surface area contributed by atoms with Crippen molar-refractivity contribution in [2.75, 3.05) is 7.11 Å². The van der Waals surface area contributed by atoms with E-state index in [9.17, 15) is 9.59 Å².